The third kappa shape index (κ3) is 23.9. The number of aliphatic carboxylic acids is 1. The van der Waals surface area contributed by atoms with Crippen molar-refractivity contribution in [2.24, 2.45) is 22.2 Å². The molecule has 13 N–H and O–H groups in total. The Balaban J connectivity index is -0.0000000938. The number of hydrogen-bond donors (Lipinski definition) is 9. The molecule has 0 fully saturated rings. The number of aromatic nitrogens is 2. The number of carbonyl (C=O) groups is 6. The number of amides is 7. The molecular formula is C19H40N12O7. The molecule has 0 bridgehead atoms. The van der Waals surface area contributed by atoms with E-state index >= 15 is 0 Å². The number of nitrogens with two attached hydrogens (primary N) is 4. The van der Waals surface area contributed by atoms with Crippen LogP contribution >= 0.6 is 0 Å². The zero-order chi connectivity index (χ0) is 28.1. The maximum atomic E-state index is 11.0. The van der Waals surface area contributed by atoms with E-state index in [1.807, 2.05) is 0 Å². The second-order valence-electron chi connectivity index (χ2n) is 5.33. The molecule has 1 atom stereocenters. The molecule has 0 aliphatic heterocycles. The highest BCUT2D eigenvalue weighted by molar-refractivity contribution is 5.97. The molecule has 19 heteroatoms. The molecule has 1 aromatic heterocycles. The van der Waals surface area contributed by atoms with Gasteiger partial charge in [-0.2, -0.15) is 10.3 Å². The maximum absolute atomic E-state index is 11.0. The fraction of sp³-hybridized carbons (Fsp3) is 0.421. The van der Waals surface area contributed by atoms with E-state index in [2.05, 4.69) is 37.0 Å². The molecule has 218 valence electrons. The van der Waals surface area contributed by atoms with Crippen LogP contribution in [-0.2, 0) is 9.59 Å². The summed E-state index contributed by atoms with van der Waals surface area (Å²) in [6.07, 6.45) is 2.14. The van der Waals surface area contributed by atoms with E-state index in [1.165, 1.54) is 27.2 Å². The summed E-state index contributed by atoms with van der Waals surface area (Å²) < 4.78 is 1.00. The summed E-state index contributed by atoms with van der Waals surface area (Å²) in [5.41, 5.74) is 19.6. The standard InChI is InChI=1S/C6H9N5O2.C5H10N4O2.C3H5N3O.C2H4O2.3CH4/c1-9-6(13)11-2-10-3(4(11)7)5(8)12;1-6-4(10)8-3-9-5(11)7-2;4-1-2(5)3(6)7;1-2(3)4;;;/h2H,7H2,1H3,(H2,8,12)(H,9,13);3H,1-2H3,(H3,6,7,8,9,10,11);2H,5H2,(H2,6,7);1H3,(H,3,4);3*1H4. The third-order valence-corrected chi connectivity index (χ3v) is 2.73. The van der Waals surface area contributed by atoms with Gasteiger partial charge in [0.2, 0.25) is 5.91 Å². The highest BCUT2D eigenvalue weighted by Gasteiger charge is 2.15. The lowest BCUT2D eigenvalue weighted by atomic mass is 10.3. The van der Waals surface area contributed by atoms with Gasteiger partial charge in [0.15, 0.2) is 11.7 Å². The topological polar surface area (TPSA) is 329 Å². The molecule has 0 saturated heterocycles. The summed E-state index contributed by atoms with van der Waals surface area (Å²) in [6.45, 7) is 1.08. The molecule has 1 heterocycles. The zero-order valence-corrected chi connectivity index (χ0v) is 19.2. The molecule has 19 nitrogen and oxygen atoms in total. The van der Waals surface area contributed by atoms with E-state index in [-0.39, 0.29) is 33.8 Å². The third-order valence-electron chi connectivity index (χ3n) is 2.73. The van der Waals surface area contributed by atoms with Crippen molar-refractivity contribution >= 4 is 48.0 Å². The van der Waals surface area contributed by atoms with Crippen LogP contribution in [0.25, 0.3) is 0 Å². The summed E-state index contributed by atoms with van der Waals surface area (Å²) in [7, 11) is 4.34. The molecule has 7 amide bonds. The smallest absolute Gasteiger partial charge is 0.342 e. The van der Waals surface area contributed by atoms with Gasteiger partial charge in [0, 0.05) is 28.1 Å². The number of aliphatic imine (C=N–C) groups is 1. The number of carboxylic acids is 1. The van der Waals surface area contributed by atoms with Crippen molar-refractivity contribution in [3.8, 4) is 6.07 Å². The Bertz CT molecular complexity index is 950. The Morgan fingerprint density at radius 1 is 1.08 bits per heavy atom. The van der Waals surface area contributed by atoms with Crippen LogP contribution in [0.3, 0.4) is 0 Å². The van der Waals surface area contributed by atoms with E-state index in [0.717, 1.165) is 24.2 Å². The molecule has 1 unspecified atom stereocenters. The van der Waals surface area contributed by atoms with Crippen molar-refractivity contribution in [3.05, 3.63) is 12.0 Å². The molecule has 38 heavy (non-hydrogen) atoms. The average Bonchev–Trinajstić information content (AvgIpc) is 3.19. The minimum absolute atomic E-state index is 0. The number of rotatable bonds is 3. The lowest BCUT2D eigenvalue weighted by Gasteiger charge is -2.01. The van der Waals surface area contributed by atoms with E-state index in [0.29, 0.717) is 0 Å². The number of nitriles is 1. The minimum Gasteiger partial charge on any atom is -0.481 e. The predicted octanol–water partition coefficient (Wildman–Crippen LogP) is -1.64. The Morgan fingerprint density at radius 3 is 1.82 bits per heavy atom. The highest BCUT2D eigenvalue weighted by Crippen LogP contribution is 2.07. The minimum atomic E-state index is -1.15. The SMILES string of the molecule is C.C.C.CC(=O)O.CNC(=O)N=CNC(=O)NC.CNC(=O)n1cnc(C(N)=O)c1N.N#CC(N)C(N)=O. The molecule has 1 aromatic rings. The van der Waals surface area contributed by atoms with Gasteiger partial charge in [-0.05, 0) is 0 Å². The largest absolute Gasteiger partial charge is 0.481 e. The number of hydrogen-bond acceptors (Lipinski definition) is 10. The van der Waals surface area contributed by atoms with Crippen LogP contribution in [0.4, 0.5) is 20.2 Å². The molecule has 0 aromatic carbocycles. The van der Waals surface area contributed by atoms with Gasteiger partial charge >= 0.3 is 18.1 Å². The number of urea groups is 2. The van der Waals surface area contributed by atoms with Gasteiger partial charge in [-0.1, -0.05) is 22.3 Å². The van der Waals surface area contributed by atoms with Crippen molar-refractivity contribution < 1.29 is 33.9 Å². The quantitative estimate of drug-likeness (QED) is 0.152. The monoisotopic (exact) mass is 548 g/mol. The number of nitrogens with zero attached hydrogens (tertiary/aromatic N) is 4. The van der Waals surface area contributed by atoms with Gasteiger partial charge in [0.05, 0.1) is 6.07 Å². The van der Waals surface area contributed by atoms with Crippen LogP contribution in [0, 0.1) is 11.3 Å². The summed E-state index contributed by atoms with van der Waals surface area (Å²) in [4.78, 5) is 68.2. The maximum Gasteiger partial charge on any atom is 0.342 e. The Kier molecular flexibility index (Phi) is 32.0. The molecule has 0 spiro atoms. The van der Waals surface area contributed by atoms with Gasteiger partial charge in [-0.3, -0.25) is 19.7 Å². The second-order valence-corrected chi connectivity index (χ2v) is 5.33. The fourth-order valence-corrected chi connectivity index (χ4v) is 1.18. The molecule has 0 saturated carbocycles. The number of anilines is 1. The van der Waals surface area contributed by atoms with Crippen molar-refractivity contribution in [2.75, 3.05) is 26.9 Å². The zero-order valence-electron chi connectivity index (χ0n) is 19.2. The van der Waals surface area contributed by atoms with Gasteiger partial charge in [0.25, 0.3) is 11.9 Å². The number of carbonyl (C=O) groups excluding carboxylic acids is 5. The molecule has 0 radical (unpaired) electrons. The first kappa shape index (κ1) is 46.1. The van der Waals surface area contributed by atoms with Crippen LogP contribution in [0.15, 0.2) is 11.3 Å². The average molecular weight is 549 g/mol. The summed E-state index contributed by atoms with van der Waals surface area (Å²) in [6, 6.07) is -1.09. The normalized spacial score (nSPS) is 8.84. The molecule has 1 rings (SSSR count). The summed E-state index contributed by atoms with van der Waals surface area (Å²) in [5.74, 6) is -2.45. The summed E-state index contributed by atoms with van der Waals surface area (Å²) >= 11 is 0. The number of carboxylic acid groups (broad SMARTS) is 1. The Labute approximate surface area is 221 Å². The number of nitrogens with one attached hydrogen (secondary N) is 4. The van der Waals surface area contributed by atoms with E-state index in [4.69, 9.17) is 32.4 Å². The summed E-state index contributed by atoms with van der Waals surface area (Å²) in [5, 5.41) is 24.3. The van der Waals surface area contributed by atoms with Crippen LogP contribution in [0.1, 0.15) is 39.7 Å². The first-order chi connectivity index (χ1) is 16.2. The van der Waals surface area contributed by atoms with Crippen molar-refractivity contribution in [3.63, 3.8) is 0 Å². The number of nitrogen functional groups attached to an aromatic ring is 1. The number of imidazole rings is 1. The van der Waals surface area contributed by atoms with Crippen LogP contribution in [-0.4, -0.2) is 84.1 Å². The predicted molar refractivity (Wildman–Crippen MR) is 142 cm³/mol. The fourth-order valence-electron chi connectivity index (χ4n) is 1.18. The Morgan fingerprint density at radius 2 is 1.55 bits per heavy atom. The van der Waals surface area contributed by atoms with E-state index < -0.39 is 41.9 Å². The van der Waals surface area contributed by atoms with Crippen LogP contribution in [0.5, 0.6) is 0 Å². The molecule has 0 aliphatic rings. The van der Waals surface area contributed by atoms with Crippen molar-refractivity contribution in [1.82, 2.24) is 30.8 Å². The Hall–Kier alpha value is -5.25. The van der Waals surface area contributed by atoms with Gasteiger partial charge < -0.3 is 44.0 Å². The van der Waals surface area contributed by atoms with Gasteiger partial charge in [0.1, 0.15) is 18.5 Å². The molecule has 0 aliphatic carbocycles. The first-order valence-electron chi connectivity index (χ1n) is 8.91. The van der Waals surface area contributed by atoms with Crippen LogP contribution < -0.4 is 44.2 Å². The van der Waals surface area contributed by atoms with Gasteiger partial charge in [-0.25, -0.2) is 23.9 Å². The lowest BCUT2D eigenvalue weighted by molar-refractivity contribution is -0.134. The van der Waals surface area contributed by atoms with Crippen LogP contribution in [0.2, 0.25) is 0 Å². The highest BCUT2D eigenvalue weighted by atomic mass is 16.4. The molecular weight excluding hydrogens is 508 g/mol. The van der Waals surface area contributed by atoms with E-state index in [9.17, 15) is 24.0 Å². The number of primary amides is 2. The first-order valence-corrected chi connectivity index (χ1v) is 8.91. The lowest BCUT2D eigenvalue weighted by Crippen LogP contribution is -2.34. The second kappa shape index (κ2) is 26.4. The van der Waals surface area contributed by atoms with Crippen molar-refractivity contribution in [2.45, 2.75) is 35.2 Å². The van der Waals surface area contributed by atoms with E-state index in [1.54, 1.807) is 0 Å². The van der Waals surface area contributed by atoms with Crippen molar-refractivity contribution in [1.29, 1.82) is 5.26 Å². The van der Waals surface area contributed by atoms with Gasteiger partial charge in [-0.15, -0.1) is 0 Å².